The number of benzene rings is 5. The Hall–Kier alpha value is -5.91. The van der Waals surface area contributed by atoms with Crippen LogP contribution in [0.5, 0.6) is 0 Å². The average Bonchev–Trinajstić information content (AvgIpc) is 3.70. The van der Waals surface area contributed by atoms with Gasteiger partial charge in [-0.2, -0.15) is 0 Å². The first-order valence-corrected chi connectivity index (χ1v) is 17.6. The Balaban J connectivity index is 1.25. The van der Waals surface area contributed by atoms with Crippen LogP contribution >= 0.6 is 23.1 Å². The van der Waals surface area contributed by atoms with Gasteiger partial charge in [-0.25, -0.2) is 14.6 Å². The van der Waals surface area contributed by atoms with Crippen LogP contribution in [0.3, 0.4) is 0 Å². The van der Waals surface area contributed by atoms with Crippen LogP contribution < -0.4 is 0 Å². The van der Waals surface area contributed by atoms with Gasteiger partial charge >= 0.3 is 11.9 Å². The van der Waals surface area contributed by atoms with Gasteiger partial charge in [-0.1, -0.05) is 52.4 Å². The molecule has 0 atom stereocenters. The van der Waals surface area contributed by atoms with E-state index >= 15 is 0 Å². The molecule has 0 aliphatic carbocycles. The number of aromatic nitrogens is 2. The second kappa shape index (κ2) is 14.1. The van der Waals surface area contributed by atoms with E-state index in [0.717, 1.165) is 58.1 Å². The molecule has 0 aliphatic heterocycles. The summed E-state index contributed by atoms with van der Waals surface area (Å²) < 4.78 is 4.21. The second-order valence-corrected chi connectivity index (χ2v) is 14.1. The van der Waals surface area contributed by atoms with Crippen LogP contribution in [0.15, 0.2) is 129 Å². The predicted octanol–water partition coefficient (Wildman–Crippen LogP) is 9.35. The van der Waals surface area contributed by atoms with Crippen molar-refractivity contribution in [2.45, 2.75) is 36.9 Å². The van der Waals surface area contributed by atoms with E-state index in [1.54, 1.807) is 36.9 Å². The van der Waals surface area contributed by atoms with Gasteiger partial charge in [-0.15, -0.1) is 11.3 Å². The summed E-state index contributed by atoms with van der Waals surface area (Å²) in [5, 5.41) is 9.66. The number of ketones is 1. The lowest BCUT2D eigenvalue weighted by molar-refractivity contribution is -0.141. The first kappa shape index (κ1) is 33.6. The van der Waals surface area contributed by atoms with Gasteiger partial charge in [0.25, 0.3) is 0 Å². The standard InChI is InChI=1S/C40H30N4O5S2/c1-23(42-48-25(3)45)27-9-15-31(16-10-27)44-36-19-13-29(24(2)43-49-26(4)46)21-33(36)34-22-30(14-20-37(34)44)39(47)28-11-17-32(18-12-28)50-40-41-35-7-5-6-8-38(35)51-40/h5-22H,1-4H3/b42-23?,43-24+. The number of fused-ring (bicyclic) bond motifs is 4. The van der Waals surface area contributed by atoms with Crippen LogP contribution in [0.25, 0.3) is 37.7 Å². The second-order valence-electron chi connectivity index (χ2n) is 11.8. The van der Waals surface area contributed by atoms with E-state index in [0.29, 0.717) is 22.6 Å². The summed E-state index contributed by atoms with van der Waals surface area (Å²) >= 11 is 3.22. The molecule has 11 heteroatoms. The van der Waals surface area contributed by atoms with Gasteiger partial charge < -0.3 is 14.2 Å². The fourth-order valence-electron chi connectivity index (χ4n) is 5.73. The predicted molar refractivity (Wildman–Crippen MR) is 202 cm³/mol. The van der Waals surface area contributed by atoms with Gasteiger partial charge in [0.15, 0.2) is 10.1 Å². The topological polar surface area (TPSA) is 112 Å². The smallest absolute Gasteiger partial charge is 0.318 e. The highest BCUT2D eigenvalue weighted by atomic mass is 32.2. The van der Waals surface area contributed by atoms with Crippen molar-refractivity contribution in [3.63, 3.8) is 0 Å². The summed E-state index contributed by atoms with van der Waals surface area (Å²) in [5.74, 6) is -1.08. The molecule has 2 heterocycles. The van der Waals surface area contributed by atoms with Crippen LogP contribution in [0.2, 0.25) is 0 Å². The first-order valence-electron chi connectivity index (χ1n) is 16.0. The van der Waals surface area contributed by atoms with Gasteiger partial charge in [0.2, 0.25) is 0 Å². The fourth-order valence-corrected chi connectivity index (χ4v) is 7.77. The number of para-hydroxylation sites is 1. The molecule has 0 spiro atoms. The number of oxime groups is 2. The zero-order valence-corrected chi connectivity index (χ0v) is 29.7. The molecule has 0 aliphatic rings. The van der Waals surface area contributed by atoms with Crippen molar-refractivity contribution in [3.8, 4) is 5.69 Å². The van der Waals surface area contributed by atoms with Crippen LogP contribution in [0.4, 0.5) is 0 Å². The van der Waals surface area contributed by atoms with E-state index in [9.17, 15) is 14.4 Å². The Kier molecular flexibility index (Phi) is 9.31. The molecular weight excluding hydrogens is 681 g/mol. The molecule has 0 bridgehead atoms. The Morgan fingerprint density at radius 2 is 1.20 bits per heavy atom. The van der Waals surface area contributed by atoms with Gasteiger partial charge in [-0.05, 0) is 104 Å². The van der Waals surface area contributed by atoms with E-state index in [1.165, 1.54) is 13.8 Å². The van der Waals surface area contributed by atoms with Crippen LogP contribution in [-0.4, -0.2) is 38.7 Å². The Labute approximate surface area is 301 Å². The Morgan fingerprint density at radius 3 is 1.82 bits per heavy atom. The summed E-state index contributed by atoms with van der Waals surface area (Å²) in [4.78, 5) is 52.0. The average molecular weight is 711 g/mol. The molecule has 9 nitrogen and oxygen atoms in total. The van der Waals surface area contributed by atoms with Crippen LogP contribution in [-0.2, 0) is 19.3 Å². The number of rotatable bonds is 9. The third-order valence-electron chi connectivity index (χ3n) is 8.21. The largest absolute Gasteiger partial charge is 0.331 e. The molecule has 0 saturated heterocycles. The number of hydrogen-bond donors (Lipinski definition) is 0. The molecule has 0 amide bonds. The highest BCUT2D eigenvalue weighted by Crippen LogP contribution is 2.36. The highest BCUT2D eigenvalue weighted by Gasteiger charge is 2.18. The van der Waals surface area contributed by atoms with Crippen molar-refractivity contribution in [1.82, 2.24) is 9.55 Å². The maximum atomic E-state index is 13.9. The zero-order valence-electron chi connectivity index (χ0n) is 28.0. The van der Waals surface area contributed by atoms with Crippen molar-refractivity contribution in [1.29, 1.82) is 0 Å². The van der Waals surface area contributed by atoms with Crippen molar-refractivity contribution in [2.75, 3.05) is 0 Å². The lowest BCUT2D eigenvalue weighted by atomic mass is 10.0. The number of nitrogens with zero attached hydrogens (tertiary/aromatic N) is 4. The summed E-state index contributed by atoms with van der Waals surface area (Å²) in [6, 6.07) is 35.1. The van der Waals surface area contributed by atoms with Crippen molar-refractivity contribution >= 4 is 84.3 Å². The monoisotopic (exact) mass is 710 g/mol. The molecule has 7 aromatic rings. The molecule has 0 saturated carbocycles. The van der Waals surface area contributed by atoms with Crippen LogP contribution in [0.1, 0.15) is 54.7 Å². The summed E-state index contributed by atoms with van der Waals surface area (Å²) in [6.45, 7) is 6.15. The lowest BCUT2D eigenvalue weighted by Gasteiger charge is -2.10. The highest BCUT2D eigenvalue weighted by molar-refractivity contribution is 8.01. The molecule has 5 aromatic carbocycles. The normalized spacial score (nSPS) is 12.1. The summed E-state index contributed by atoms with van der Waals surface area (Å²) in [7, 11) is 0. The third kappa shape index (κ3) is 7.07. The lowest BCUT2D eigenvalue weighted by Crippen LogP contribution is -2.02. The minimum absolute atomic E-state index is 0.0926. The van der Waals surface area contributed by atoms with E-state index in [2.05, 4.69) is 20.9 Å². The number of thiazole rings is 1. The number of carbonyl (C=O) groups excluding carboxylic acids is 3. The van der Waals surface area contributed by atoms with E-state index < -0.39 is 11.9 Å². The molecule has 0 unspecified atom stereocenters. The Morgan fingerprint density at radius 1 is 0.647 bits per heavy atom. The summed E-state index contributed by atoms with van der Waals surface area (Å²) in [5.41, 5.74) is 7.49. The van der Waals surface area contributed by atoms with E-state index in [-0.39, 0.29) is 5.78 Å². The Bertz CT molecular complexity index is 2520. The summed E-state index contributed by atoms with van der Waals surface area (Å²) in [6.07, 6.45) is 0. The molecule has 0 N–H and O–H groups in total. The number of carbonyl (C=O) groups is 3. The quantitative estimate of drug-likeness (QED) is 0.0635. The van der Waals surface area contributed by atoms with Crippen LogP contribution in [0, 0.1) is 0 Å². The van der Waals surface area contributed by atoms with E-state index in [4.69, 9.17) is 14.7 Å². The number of hydrogen-bond acceptors (Lipinski definition) is 10. The minimum Gasteiger partial charge on any atom is -0.318 e. The fraction of sp³-hybridized carbons (Fsp3) is 0.100. The van der Waals surface area contributed by atoms with Crippen molar-refractivity contribution < 1.29 is 24.1 Å². The van der Waals surface area contributed by atoms with Gasteiger partial charge in [0.1, 0.15) is 0 Å². The maximum absolute atomic E-state index is 13.9. The van der Waals surface area contributed by atoms with Gasteiger partial charge in [-0.3, -0.25) is 4.79 Å². The van der Waals surface area contributed by atoms with Crippen molar-refractivity contribution in [3.05, 3.63) is 131 Å². The molecule has 0 radical (unpaired) electrons. The zero-order chi connectivity index (χ0) is 35.6. The maximum Gasteiger partial charge on any atom is 0.331 e. The molecular formula is C40H30N4O5S2. The molecule has 0 fully saturated rings. The van der Waals surface area contributed by atoms with Gasteiger partial charge in [0, 0.05) is 46.3 Å². The molecule has 7 rings (SSSR count). The third-order valence-corrected chi connectivity index (χ3v) is 10.3. The van der Waals surface area contributed by atoms with Gasteiger partial charge in [0.05, 0.1) is 32.7 Å². The molecule has 252 valence electrons. The van der Waals surface area contributed by atoms with Crippen molar-refractivity contribution in [2.24, 2.45) is 10.3 Å². The minimum atomic E-state index is -0.504. The SMILES string of the molecule is CC(=O)ON=C(C)c1ccc(-n2c3ccc(C(=O)c4ccc(Sc5nc6ccccc6s5)cc4)cc3c3cc(/C(C)=N/OC(C)=O)ccc32)cc1. The molecule has 2 aromatic heterocycles. The molecule has 51 heavy (non-hydrogen) atoms. The van der Waals surface area contributed by atoms with E-state index in [1.807, 2.05) is 103 Å². The first-order chi connectivity index (χ1) is 24.6.